The summed E-state index contributed by atoms with van der Waals surface area (Å²) in [6.07, 6.45) is 3.65. The predicted octanol–water partition coefficient (Wildman–Crippen LogP) is 1.93. The Morgan fingerprint density at radius 2 is 2.28 bits per heavy atom. The lowest BCUT2D eigenvalue weighted by atomic mass is 10.3. The quantitative estimate of drug-likeness (QED) is 0.794. The molecule has 2 aromatic rings. The summed E-state index contributed by atoms with van der Waals surface area (Å²) in [6.45, 7) is 6.12. The summed E-state index contributed by atoms with van der Waals surface area (Å²) in [5, 5.41) is 7.66. The summed E-state index contributed by atoms with van der Waals surface area (Å²) in [4.78, 5) is 4.29. The van der Waals surface area contributed by atoms with Gasteiger partial charge in [0.25, 0.3) is 0 Å². The molecule has 0 saturated carbocycles. The van der Waals surface area contributed by atoms with Crippen LogP contribution in [0.15, 0.2) is 16.7 Å². The second-order valence-corrected chi connectivity index (χ2v) is 4.37. The zero-order chi connectivity index (χ0) is 13.0. The van der Waals surface area contributed by atoms with Crippen LogP contribution in [0.4, 0.5) is 0 Å². The molecule has 1 N–H and O–H groups in total. The van der Waals surface area contributed by atoms with Gasteiger partial charge < -0.3 is 9.73 Å². The Kier molecular flexibility index (Phi) is 4.15. The molecular weight excluding hydrogens is 228 g/mol. The van der Waals surface area contributed by atoms with E-state index >= 15 is 0 Å². The van der Waals surface area contributed by atoms with Crippen molar-refractivity contribution in [3.63, 3.8) is 0 Å². The van der Waals surface area contributed by atoms with Gasteiger partial charge in [-0.25, -0.2) is 4.98 Å². The van der Waals surface area contributed by atoms with Crippen LogP contribution in [0.1, 0.15) is 24.9 Å². The molecule has 18 heavy (non-hydrogen) atoms. The van der Waals surface area contributed by atoms with Crippen molar-refractivity contribution in [1.29, 1.82) is 0 Å². The normalized spacial score (nSPS) is 11.1. The van der Waals surface area contributed by atoms with Crippen molar-refractivity contribution in [1.82, 2.24) is 20.1 Å². The number of aryl methyl sites for hydroxylation is 3. The molecular formula is C13H20N4O. The molecule has 0 radical (unpaired) electrons. The minimum atomic E-state index is 0.747. The number of oxazole rings is 1. The van der Waals surface area contributed by atoms with Gasteiger partial charge in [-0.1, -0.05) is 6.92 Å². The summed E-state index contributed by atoms with van der Waals surface area (Å²) < 4.78 is 7.54. The van der Waals surface area contributed by atoms with Gasteiger partial charge in [-0.3, -0.25) is 4.68 Å². The van der Waals surface area contributed by atoms with E-state index in [1.165, 1.54) is 0 Å². The van der Waals surface area contributed by atoms with E-state index in [0.29, 0.717) is 0 Å². The second kappa shape index (κ2) is 5.82. The van der Waals surface area contributed by atoms with Gasteiger partial charge in [0.1, 0.15) is 5.69 Å². The minimum Gasteiger partial charge on any atom is -0.439 e. The molecule has 0 unspecified atom stereocenters. The van der Waals surface area contributed by atoms with Crippen LogP contribution >= 0.6 is 0 Å². The van der Waals surface area contributed by atoms with Gasteiger partial charge in [0.05, 0.1) is 6.20 Å². The molecule has 5 nitrogen and oxygen atoms in total. The second-order valence-electron chi connectivity index (χ2n) is 4.37. The molecule has 2 rings (SSSR count). The highest BCUT2D eigenvalue weighted by atomic mass is 16.4. The van der Waals surface area contributed by atoms with Crippen molar-refractivity contribution >= 4 is 0 Å². The molecule has 0 atom stereocenters. The zero-order valence-corrected chi connectivity index (χ0v) is 11.2. The van der Waals surface area contributed by atoms with Gasteiger partial charge in [0, 0.05) is 19.2 Å². The molecule has 0 aromatic carbocycles. The fourth-order valence-electron chi connectivity index (χ4n) is 1.77. The van der Waals surface area contributed by atoms with E-state index < -0.39 is 0 Å². The van der Waals surface area contributed by atoms with E-state index in [9.17, 15) is 0 Å². The molecule has 0 bridgehead atoms. The first-order valence-electron chi connectivity index (χ1n) is 6.37. The Bertz CT molecular complexity index is 481. The van der Waals surface area contributed by atoms with Crippen molar-refractivity contribution in [2.24, 2.45) is 7.05 Å². The predicted molar refractivity (Wildman–Crippen MR) is 70.3 cm³/mol. The molecule has 0 fully saturated rings. The number of hydrogen-bond acceptors (Lipinski definition) is 4. The van der Waals surface area contributed by atoms with Crippen LogP contribution in [0.25, 0.3) is 11.5 Å². The molecule has 5 heteroatoms. The molecule has 0 aliphatic heterocycles. The molecule has 2 aromatic heterocycles. The SMILES string of the molecule is CCNCCCc1ncc(-c2cc(C)n(C)n2)o1. The number of rotatable bonds is 6. The van der Waals surface area contributed by atoms with E-state index in [0.717, 1.165) is 49.0 Å². The van der Waals surface area contributed by atoms with Crippen LogP contribution < -0.4 is 5.32 Å². The fourth-order valence-corrected chi connectivity index (χ4v) is 1.77. The van der Waals surface area contributed by atoms with Crippen LogP contribution in [0.5, 0.6) is 0 Å². The lowest BCUT2D eigenvalue weighted by molar-refractivity contribution is 0.491. The van der Waals surface area contributed by atoms with Gasteiger partial charge in [-0.15, -0.1) is 0 Å². The number of hydrogen-bond donors (Lipinski definition) is 1. The fraction of sp³-hybridized carbons (Fsp3) is 0.538. The van der Waals surface area contributed by atoms with Crippen molar-refractivity contribution in [2.75, 3.05) is 13.1 Å². The monoisotopic (exact) mass is 248 g/mol. The van der Waals surface area contributed by atoms with Crippen LogP contribution in [-0.4, -0.2) is 27.9 Å². The lowest BCUT2D eigenvalue weighted by Gasteiger charge is -1.98. The van der Waals surface area contributed by atoms with Gasteiger partial charge in [-0.05, 0) is 32.5 Å². The third kappa shape index (κ3) is 2.98. The molecule has 0 amide bonds. The zero-order valence-electron chi connectivity index (χ0n) is 11.2. The first-order chi connectivity index (χ1) is 8.70. The van der Waals surface area contributed by atoms with Crippen molar-refractivity contribution in [3.8, 4) is 11.5 Å². The highest BCUT2D eigenvalue weighted by Crippen LogP contribution is 2.20. The minimum absolute atomic E-state index is 0.747. The Balaban J connectivity index is 1.97. The van der Waals surface area contributed by atoms with Gasteiger partial charge >= 0.3 is 0 Å². The topological polar surface area (TPSA) is 55.9 Å². The van der Waals surface area contributed by atoms with Crippen LogP contribution in [0.3, 0.4) is 0 Å². The van der Waals surface area contributed by atoms with Gasteiger partial charge in [0.2, 0.25) is 0 Å². The average molecular weight is 248 g/mol. The number of nitrogens with one attached hydrogen (secondary N) is 1. The maximum absolute atomic E-state index is 5.70. The van der Waals surface area contributed by atoms with Crippen molar-refractivity contribution in [3.05, 3.63) is 23.8 Å². The summed E-state index contributed by atoms with van der Waals surface area (Å²) in [5.41, 5.74) is 1.95. The standard InChI is InChI=1S/C13H20N4O/c1-4-14-7-5-6-13-15-9-12(18-13)11-8-10(2)17(3)16-11/h8-9,14H,4-7H2,1-3H3. The van der Waals surface area contributed by atoms with Crippen LogP contribution in [0.2, 0.25) is 0 Å². The molecule has 0 aliphatic rings. The van der Waals surface area contributed by atoms with Crippen molar-refractivity contribution in [2.45, 2.75) is 26.7 Å². The molecule has 2 heterocycles. The Labute approximate surface area is 107 Å². The highest BCUT2D eigenvalue weighted by Gasteiger charge is 2.10. The van der Waals surface area contributed by atoms with Crippen LogP contribution in [-0.2, 0) is 13.5 Å². The molecule has 0 spiro atoms. The van der Waals surface area contributed by atoms with E-state index in [4.69, 9.17) is 4.42 Å². The largest absolute Gasteiger partial charge is 0.439 e. The van der Waals surface area contributed by atoms with E-state index in [2.05, 4.69) is 22.3 Å². The summed E-state index contributed by atoms with van der Waals surface area (Å²) in [7, 11) is 1.92. The van der Waals surface area contributed by atoms with E-state index in [-0.39, 0.29) is 0 Å². The van der Waals surface area contributed by atoms with Gasteiger partial charge in [0.15, 0.2) is 11.7 Å². The smallest absolute Gasteiger partial charge is 0.195 e. The third-order valence-corrected chi connectivity index (χ3v) is 2.91. The Hall–Kier alpha value is -1.62. The third-order valence-electron chi connectivity index (χ3n) is 2.91. The molecule has 0 aliphatic carbocycles. The molecule has 0 saturated heterocycles. The number of aromatic nitrogens is 3. The maximum Gasteiger partial charge on any atom is 0.195 e. The molecule has 98 valence electrons. The van der Waals surface area contributed by atoms with E-state index in [1.807, 2.05) is 24.7 Å². The summed E-state index contributed by atoms with van der Waals surface area (Å²) in [6, 6.07) is 2.00. The Morgan fingerprint density at radius 3 is 2.94 bits per heavy atom. The summed E-state index contributed by atoms with van der Waals surface area (Å²) in [5.74, 6) is 1.53. The van der Waals surface area contributed by atoms with Gasteiger partial charge in [-0.2, -0.15) is 5.10 Å². The van der Waals surface area contributed by atoms with E-state index in [1.54, 1.807) is 6.20 Å². The number of nitrogens with zero attached hydrogens (tertiary/aromatic N) is 3. The highest BCUT2D eigenvalue weighted by molar-refractivity contribution is 5.50. The first-order valence-corrected chi connectivity index (χ1v) is 6.37. The Morgan fingerprint density at radius 1 is 1.44 bits per heavy atom. The first kappa shape index (κ1) is 12.8. The average Bonchev–Trinajstić information content (AvgIpc) is 2.93. The van der Waals surface area contributed by atoms with Crippen LogP contribution in [0, 0.1) is 6.92 Å². The lowest BCUT2D eigenvalue weighted by Crippen LogP contribution is -2.14. The maximum atomic E-state index is 5.70. The van der Waals surface area contributed by atoms with Crippen molar-refractivity contribution < 1.29 is 4.42 Å². The summed E-state index contributed by atoms with van der Waals surface area (Å²) >= 11 is 0.